The predicted octanol–water partition coefficient (Wildman–Crippen LogP) is 4.59. The number of hydrogen-bond donors (Lipinski definition) is 1. The van der Waals surface area contributed by atoms with Crippen molar-refractivity contribution in [3.8, 4) is 0 Å². The third-order valence-corrected chi connectivity index (χ3v) is 6.09. The standard InChI is InChI=1S/C20H22ClNO3S/c1-25-20(24)15-5-2-4-14(12-15)19(23)22-18(17-6-3-11-26-17)13-7-9-16(21)10-8-13/h3,6-11,14-15,18H,2,4-5,12H2,1H3,(H,22,23)/t14-,15+,18-/m0/s1. The number of nitrogens with one attached hydrogen (secondary N) is 1. The summed E-state index contributed by atoms with van der Waals surface area (Å²) in [4.78, 5) is 25.8. The van der Waals surface area contributed by atoms with Crippen LogP contribution in [0, 0.1) is 11.8 Å². The van der Waals surface area contributed by atoms with E-state index in [4.69, 9.17) is 16.3 Å². The van der Waals surface area contributed by atoms with E-state index >= 15 is 0 Å². The Morgan fingerprint density at radius 3 is 2.58 bits per heavy atom. The van der Waals surface area contributed by atoms with Gasteiger partial charge in [0.1, 0.15) is 0 Å². The van der Waals surface area contributed by atoms with Gasteiger partial charge in [0.15, 0.2) is 0 Å². The number of amides is 1. The van der Waals surface area contributed by atoms with Gasteiger partial charge in [-0.1, -0.05) is 36.2 Å². The topological polar surface area (TPSA) is 55.4 Å². The second-order valence-corrected chi connectivity index (χ2v) is 8.01. The average Bonchev–Trinajstić information content (AvgIpc) is 3.20. The fourth-order valence-electron chi connectivity index (χ4n) is 3.50. The number of esters is 1. The van der Waals surface area contributed by atoms with Gasteiger partial charge >= 0.3 is 5.97 Å². The lowest BCUT2D eigenvalue weighted by Crippen LogP contribution is -2.37. The smallest absolute Gasteiger partial charge is 0.308 e. The lowest BCUT2D eigenvalue weighted by atomic mass is 9.81. The molecule has 3 rings (SSSR count). The Balaban J connectivity index is 1.75. The van der Waals surface area contributed by atoms with Crippen LogP contribution >= 0.6 is 22.9 Å². The number of thiophene rings is 1. The van der Waals surface area contributed by atoms with E-state index in [1.807, 2.05) is 41.8 Å². The summed E-state index contributed by atoms with van der Waals surface area (Å²) in [6.07, 6.45) is 3.01. The summed E-state index contributed by atoms with van der Waals surface area (Å²) in [6, 6.07) is 11.3. The molecule has 0 spiro atoms. The highest BCUT2D eigenvalue weighted by Crippen LogP contribution is 2.32. The number of carbonyl (C=O) groups is 2. The first-order valence-corrected chi connectivity index (χ1v) is 10.0. The first-order chi connectivity index (χ1) is 12.6. The van der Waals surface area contributed by atoms with Crippen molar-refractivity contribution in [2.24, 2.45) is 11.8 Å². The highest BCUT2D eigenvalue weighted by atomic mass is 35.5. The number of hydrogen-bond acceptors (Lipinski definition) is 4. The molecule has 1 aromatic carbocycles. The van der Waals surface area contributed by atoms with Crippen LogP contribution in [0.5, 0.6) is 0 Å². The molecular weight excluding hydrogens is 370 g/mol. The molecule has 0 saturated heterocycles. The summed E-state index contributed by atoms with van der Waals surface area (Å²) in [7, 11) is 1.40. The fourth-order valence-corrected chi connectivity index (χ4v) is 4.43. The molecule has 1 heterocycles. The number of halogens is 1. The molecule has 1 fully saturated rings. The van der Waals surface area contributed by atoms with Gasteiger partial charge in [-0.05, 0) is 48.4 Å². The largest absolute Gasteiger partial charge is 0.469 e. The maximum atomic E-state index is 12.9. The van der Waals surface area contributed by atoms with E-state index in [9.17, 15) is 9.59 Å². The van der Waals surface area contributed by atoms with Gasteiger partial charge in [0, 0.05) is 15.8 Å². The normalized spacial score (nSPS) is 21.0. The zero-order chi connectivity index (χ0) is 18.5. The van der Waals surface area contributed by atoms with Crippen molar-refractivity contribution in [3.05, 3.63) is 57.2 Å². The van der Waals surface area contributed by atoms with Crippen LogP contribution in [0.4, 0.5) is 0 Å². The van der Waals surface area contributed by atoms with E-state index < -0.39 is 0 Å². The van der Waals surface area contributed by atoms with Crippen molar-refractivity contribution in [2.75, 3.05) is 7.11 Å². The van der Waals surface area contributed by atoms with Crippen molar-refractivity contribution < 1.29 is 14.3 Å². The molecule has 3 atom stereocenters. The molecule has 26 heavy (non-hydrogen) atoms. The molecule has 1 aliphatic carbocycles. The third-order valence-electron chi connectivity index (χ3n) is 4.90. The van der Waals surface area contributed by atoms with Gasteiger partial charge in [0.2, 0.25) is 5.91 Å². The number of carbonyl (C=O) groups excluding carboxylic acids is 2. The maximum Gasteiger partial charge on any atom is 0.308 e. The molecule has 1 aromatic heterocycles. The minimum Gasteiger partial charge on any atom is -0.469 e. The van der Waals surface area contributed by atoms with E-state index in [0.717, 1.165) is 29.7 Å². The summed E-state index contributed by atoms with van der Waals surface area (Å²) in [5.74, 6) is -0.565. The second-order valence-electron chi connectivity index (χ2n) is 6.59. The summed E-state index contributed by atoms with van der Waals surface area (Å²) >= 11 is 7.61. The number of rotatable bonds is 5. The molecule has 2 aromatic rings. The first-order valence-electron chi connectivity index (χ1n) is 8.75. The van der Waals surface area contributed by atoms with Crippen molar-refractivity contribution in [2.45, 2.75) is 31.7 Å². The van der Waals surface area contributed by atoms with Crippen LogP contribution in [0.2, 0.25) is 5.02 Å². The van der Waals surface area contributed by atoms with E-state index in [2.05, 4.69) is 5.32 Å². The lowest BCUT2D eigenvalue weighted by Gasteiger charge is -2.28. The van der Waals surface area contributed by atoms with E-state index in [-0.39, 0.29) is 29.8 Å². The molecule has 6 heteroatoms. The molecule has 0 radical (unpaired) electrons. The molecule has 138 valence electrons. The molecule has 4 nitrogen and oxygen atoms in total. The zero-order valence-electron chi connectivity index (χ0n) is 14.6. The molecule has 0 bridgehead atoms. The molecule has 1 saturated carbocycles. The second kappa shape index (κ2) is 8.69. The third kappa shape index (κ3) is 4.46. The summed E-state index contributed by atoms with van der Waals surface area (Å²) in [5.41, 5.74) is 0.991. The van der Waals surface area contributed by atoms with Crippen molar-refractivity contribution in [1.29, 1.82) is 0 Å². The monoisotopic (exact) mass is 391 g/mol. The number of methoxy groups -OCH3 is 1. The molecule has 1 aliphatic rings. The van der Waals surface area contributed by atoms with Crippen LogP contribution in [0.15, 0.2) is 41.8 Å². The SMILES string of the molecule is COC(=O)[C@@H]1CCC[C@H](C(=O)N[C@@H](c2ccc(Cl)cc2)c2cccs2)C1. The summed E-state index contributed by atoms with van der Waals surface area (Å²) in [5, 5.41) is 5.84. The lowest BCUT2D eigenvalue weighted by molar-refractivity contribution is -0.147. The highest BCUT2D eigenvalue weighted by molar-refractivity contribution is 7.10. The Kier molecular flexibility index (Phi) is 6.33. The average molecular weight is 392 g/mol. The van der Waals surface area contributed by atoms with E-state index in [1.54, 1.807) is 11.3 Å². The molecular formula is C20H22ClNO3S. The zero-order valence-corrected chi connectivity index (χ0v) is 16.2. The van der Waals surface area contributed by atoms with Crippen LogP contribution in [0.1, 0.15) is 42.2 Å². The molecule has 0 unspecified atom stereocenters. The molecule has 1 N–H and O–H groups in total. The summed E-state index contributed by atoms with van der Waals surface area (Å²) < 4.78 is 4.86. The Bertz CT molecular complexity index is 745. The van der Waals surface area contributed by atoms with Gasteiger partial charge in [-0.15, -0.1) is 11.3 Å². The van der Waals surface area contributed by atoms with Crippen LogP contribution in [0.3, 0.4) is 0 Å². The van der Waals surface area contributed by atoms with Gasteiger partial charge in [-0.3, -0.25) is 9.59 Å². The molecule has 0 aliphatic heterocycles. The van der Waals surface area contributed by atoms with Gasteiger partial charge < -0.3 is 10.1 Å². The predicted molar refractivity (Wildman–Crippen MR) is 103 cm³/mol. The Labute approximate surface area is 162 Å². The van der Waals surface area contributed by atoms with Crippen LogP contribution in [0.25, 0.3) is 0 Å². The highest BCUT2D eigenvalue weighted by Gasteiger charge is 2.33. The Morgan fingerprint density at radius 1 is 1.19 bits per heavy atom. The van der Waals surface area contributed by atoms with Crippen molar-refractivity contribution >= 4 is 34.8 Å². The van der Waals surface area contributed by atoms with Gasteiger partial charge in [-0.25, -0.2) is 0 Å². The van der Waals surface area contributed by atoms with Crippen LogP contribution in [-0.4, -0.2) is 19.0 Å². The minimum absolute atomic E-state index is 0.00745. The Hall–Kier alpha value is -1.85. The van der Waals surface area contributed by atoms with Gasteiger partial charge in [0.05, 0.1) is 19.1 Å². The minimum atomic E-state index is -0.213. The van der Waals surface area contributed by atoms with E-state index in [0.29, 0.717) is 11.4 Å². The quantitative estimate of drug-likeness (QED) is 0.758. The number of benzene rings is 1. The fraction of sp³-hybridized carbons (Fsp3) is 0.400. The van der Waals surface area contributed by atoms with Gasteiger partial charge in [-0.2, -0.15) is 0 Å². The van der Waals surface area contributed by atoms with Crippen LogP contribution < -0.4 is 5.32 Å². The summed E-state index contributed by atoms with van der Waals surface area (Å²) in [6.45, 7) is 0. The molecule has 1 amide bonds. The van der Waals surface area contributed by atoms with Crippen molar-refractivity contribution in [3.63, 3.8) is 0 Å². The first kappa shape index (κ1) is 18.9. The Morgan fingerprint density at radius 2 is 1.92 bits per heavy atom. The maximum absolute atomic E-state index is 12.9. The van der Waals surface area contributed by atoms with Crippen molar-refractivity contribution in [1.82, 2.24) is 5.32 Å². The number of ether oxygens (including phenoxy) is 1. The van der Waals surface area contributed by atoms with Gasteiger partial charge in [0.25, 0.3) is 0 Å². The van der Waals surface area contributed by atoms with Crippen LogP contribution in [-0.2, 0) is 14.3 Å². The van der Waals surface area contributed by atoms with E-state index in [1.165, 1.54) is 7.11 Å².